The van der Waals surface area contributed by atoms with E-state index in [9.17, 15) is 9.18 Å². The number of nitrogens with one attached hydrogen (secondary N) is 1. The quantitative estimate of drug-likeness (QED) is 0.620. The van der Waals surface area contributed by atoms with Gasteiger partial charge in [-0.05, 0) is 55.0 Å². The van der Waals surface area contributed by atoms with Crippen molar-refractivity contribution in [2.75, 3.05) is 11.1 Å². The summed E-state index contributed by atoms with van der Waals surface area (Å²) in [6, 6.07) is 13.0. The van der Waals surface area contributed by atoms with Gasteiger partial charge in [0.05, 0.1) is 5.69 Å². The number of halogens is 2. The molecule has 0 fully saturated rings. The molecule has 6 heteroatoms. The second-order valence-corrected chi connectivity index (χ2v) is 6.19. The molecule has 0 atom stereocenters. The molecule has 3 aromatic rings. The lowest BCUT2D eigenvalue weighted by Gasteiger charge is -2.06. The van der Waals surface area contributed by atoms with E-state index in [0.717, 1.165) is 15.6 Å². The number of furan rings is 1. The maximum absolute atomic E-state index is 13.7. The fraction of sp³-hybridized carbons (Fsp3) is 0.0556. The van der Waals surface area contributed by atoms with Gasteiger partial charge in [0, 0.05) is 15.7 Å². The standard InChI is InChI=1S/C18H14BrFN2O2/c1-10-2-4-12(13(19)8-10)16-6-7-17(24-16)18(23)22-15-9-11(21)3-5-14(15)20/h2-9H,21H2,1H3,(H,22,23). The summed E-state index contributed by atoms with van der Waals surface area (Å²) < 4.78 is 20.2. The zero-order valence-electron chi connectivity index (χ0n) is 12.8. The van der Waals surface area contributed by atoms with Crippen LogP contribution >= 0.6 is 15.9 Å². The number of nitrogens with two attached hydrogens (primary N) is 1. The van der Waals surface area contributed by atoms with Crippen LogP contribution < -0.4 is 11.1 Å². The first-order valence-corrected chi connectivity index (χ1v) is 7.96. The molecule has 4 nitrogen and oxygen atoms in total. The summed E-state index contributed by atoms with van der Waals surface area (Å²) in [4.78, 5) is 12.2. The van der Waals surface area contributed by atoms with Gasteiger partial charge < -0.3 is 15.5 Å². The molecule has 3 N–H and O–H groups in total. The topological polar surface area (TPSA) is 68.3 Å². The van der Waals surface area contributed by atoms with Gasteiger partial charge in [-0.3, -0.25) is 4.79 Å². The van der Waals surface area contributed by atoms with Gasteiger partial charge in [-0.15, -0.1) is 0 Å². The lowest BCUT2D eigenvalue weighted by Crippen LogP contribution is -2.12. The highest BCUT2D eigenvalue weighted by Gasteiger charge is 2.15. The molecule has 1 amide bonds. The van der Waals surface area contributed by atoms with Crippen LogP contribution in [0, 0.1) is 12.7 Å². The van der Waals surface area contributed by atoms with Crippen molar-refractivity contribution >= 4 is 33.2 Å². The summed E-state index contributed by atoms with van der Waals surface area (Å²) in [6.07, 6.45) is 0. The fourth-order valence-corrected chi connectivity index (χ4v) is 2.94. The SMILES string of the molecule is Cc1ccc(-c2ccc(C(=O)Nc3cc(N)ccc3F)o2)c(Br)c1. The highest BCUT2D eigenvalue weighted by Crippen LogP contribution is 2.30. The number of benzene rings is 2. The smallest absolute Gasteiger partial charge is 0.291 e. The maximum Gasteiger partial charge on any atom is 0.291 e. The third-order valence-electron chi connectivity index (χ3n) is 3.46. The minimum atomic E-state index is -0.564. The first-order valence-electron chi connectivity index (χ1n) is 7.17. The maximum atomic E-state index is 13.7. The Labute approximate surface area is 146 Å². The van der Waals surface area contributed by atoms with Crippen LogP contribution in [0.5, 0.6) is 0 Å². The third kappa shape index (κ3) is 3.33. The first kappa shape index (κ1) is 16.3. The van der Waals surface area contributed by atoms with Crippen LogP contribution in [0.3, 0.4) is 0 Å². The van der Waals surface area contributed by atoms with Crippen LogP contribution in [0.15, 0.2) is 57.4 Å². The van der Waals surface area contributed by atoms with E-state index < -0.39 is 11.7 Å². The predicted octanol–water partition coefficient (Wildman–Crippen LogP) is 4.99. The van der Waals surface area contributed by atoms with Gasteiger partial charge >= 0.3 is 0 Å². The van der Waals surface area contributed by atoms with Crippen molar-refractivity contribution in [1.29, 1.82) is 0 Å². The highest BCUT2D eigenvalue weighted by atomic mass is 79.9. The van der Waals surface area contributed by atoms with Gasteiger partial charge in [0.2, 0.25) is 0 Å². The average Bonchev–Trinajstić information content (AvgIpc) is 3.00. The first-order chi connectivity index (χ1) is 11.4. The molecule has 0 saturated carbocycles. The Morgan fingerprint density at radius 3 is 2.71 bits per heavy atom. The lowest BCUT2D eigenvalue weighted by molar-refractivity contribution is 0.0997. The molecule has 122 valence electrons. The van der Waals surface area contributed by atoms with Gasteiger partial charge in [-0.1, -0.05) is 22.0 Å². The highest BCUT2D eigenvalue weighted by molar-refractivity contribution is 9.10. The molecule has 0 aliphatic carbocycles. The Morgan fingerprint density at radius 2 is 1.96 bits per heavy atom. The largest absolute Gasteiger partial charge is 0.451 e. The average molecular weight is 389 g/mol. The van der Waals surface area contributed by atoms with E-state index in [4.69, 9.17) is 10.2 Å². The summed E-state index contributed by atoms with van der Waals surface area (Å²) >= 11 is 3.48. The Balaban J connectivity index is 1.85. The molecule has 0 aliphatic rings. The van der Waals surface area contributed by atoms with Crippen LogP contribution in [-0.4, -0.2) is 5.91 Å². The van der Waals surface area contributed by atoms with E-state index in [1.54, 1.807) is 12.1 Å². The summed E-state index contributed by atoms with van der Waals surface area (Å²) in [7, 11) is 0. The van der Waals surface area contributed by atoms with Crippen molar-refractivity contribution in [3.05, 3.63) is 70.1 Å². The lowest BCUT2D eigenvalue weighted by atomic mass is 10.1. The predicted molar refractivity (Wildman–Crippen MR) is 95.3 cm³/mol. The monoisotopic (exact) mass is 388 g/mol. The van der Waals surface area contributed by atoms with E-state index in [0.29, 0.717) is 11.4 Å². The van der Waals surface area contributed by atoms with Crippen molar-refractivity contribution in [1.82, 2.24) is 0 Å². The van der Waals surface area contributed by atoms with Gasteiger partial charge in [-0.25, -0.2) is 4.39 Å². The minimum absolute atomic E-state index is 0.00877. The number of nitrogen functional groups attached to an aromatic ring is 1. The molecule has 0 aliphatic heterocycles. The Hall–Kier alpha value is -2.60. The van der Waals surface area contributed by atoms with E-state index in [2.05, 4.69) is 21.2 Å². The number of hydrogen-bond donors (Lipinski definition) is 2. The number of rotatable bonds is 3. The number of anilines is 2. The second kappa shape index (κ2) is 6.49. The summed E-state index contributed by atoms with van der Waals surface area (Å²) in [5, 5.41) is 2.46. The van der Waals surface area contributed by atoms with Gasteiger partial charge in [0.15, 0.2) is 5.76 Å². The Morgan fingerprint density at radius 1 is 1.17 bits per heavy atom. The number of carbonyl (C=O) groups is 1. The zero-order valence-corrected chi connectivity index (χ0v) is 14.4. The Kier molecular flexibility index (Phi) is 4.40. The van der Waals surface area contributed by atoms with Crippen molar-refractivity contribution in [3.8, 4) is 11.3 Å². The van der Waals surface area contributed by atoms with Crippen LogP contribution in [0.2, 0.25) is 0 Å². The van der Waals surface area contributed by atoms with Crippen molar-refractivity contribution in [3.63, 3.8) is 0 Å². The summed E-state index contributed by atoms with van der Waals surface area (Å²) in [5.74, 6) is -0.487. The molecule has 0 saturated heterocycles. The van der Waals surface area contributed by atoms with Crippen LogP contribution in [0.1, 0.15) is 16.1 Å². The molecule has 1 heterocycles. The molecule has 24 heavy (non-hydrogen) atoms. The van der Waals surface area contributed by atoms with Crippen LogP contribution in [0.4, 0.5) is 15.8 Å². The van der Waals surface area contributed by atoms with Crippen molar-refractivity contribution < 1.29 is 13.6 Å². The van der Waals surface area contributed by atoms with Gasteiger partial charge in [-0.2, -0.15) is 0 Å². The molecule has 0 bridgehead atoms. The van der Waals surface area contributed by atoms with Crippen molar-refractivity contribution in [2.45, 2.75) is 6.92 Å². The zero-order chi connectivity index (χ0) is 17.3. The van der Waals surface area contributed by atoms with E-state index in [1.807, 2.05) is 25.1 Å². The van der Waals surface area contributed by atoms with Crippen LogP contribution in [0.25, 0.3) is 11.3 Å². The van der Waals surface area contributed by atoms with Gasteiger partial charge in [0.25, 0.3) is 5.91 Å². The number of amides is 1. The normalized spacial score (nSPS) is 10.6. The molecule has 0 radical (unpaired) electrons. The van der Waals surface area contributed by atoms with E-state index >= 15 is 0 Å². The molecule has 0 spiro atoms. The second-order valence-electron chi connectivity index (χ2n) is 5.34. The van der Waals surface area contributed by atoms with E-state index in [1.165, 1.54) is 18.2 Å². The number of aryl methyl sites for hydroxylation is 1. The van der Waals surface area contributed by atoms with Crippen LogP contribution in [-0.2, 0) is 0 Å². The molecular formula is C18H14BrFN2O2. The number of hydrogen-bond acceptors (Lipinski definition) is 3. The van der Waals surface area contributed by atoms with Crippen molar-refractivity contribution in [2.24, 2.45) is 0 Å². The molecule has 2 aromatic carbocycles. The third-order valence-corrected chi connectivity index (χ3v) is 4.11. The number of carbonyl (C=O) groups excluding carboxylic acids is 1. The van der Waals surface area contributed by atoms with Gasteiger partial charge in [0.1, 0.15) is 11.6 Å². The fourth-order valence-electron chi connectivity index (χ4n) is 2.25. The van der Waals surface area contributed by atoms with E-state index in [-0.39, 0.29) is 11.4 Å². The molecular weight excluding hydrogens is 375 g/mol. The minimum Gasteiger partial charge on any atom is -0.451 e. The molecule has 3 rings (SSSR count). The molecule has 1 aromatic heterocycles. The molecule has 0 unspecified atom stereocenters. The summed E-state index contributed by atoms with van der Waals surface area (Å²) in [5.41, 5.74) is 7.90. The Bertz CT molecular complexity index is 921. The summed E-state index contributed by atoms with van der Waals surface area (Å²) in [6.45, 7) is 1.98.